The molecule has 2 rings (SSSR count). The molecule has 0 aliphatic rings. The monoisotopic (exact) mass is 261 g/mol. The third-order valence-electron chi connectivity index (χ3n) is 2.78. The van der Waals surface area contributed by atoms with Crippen molar-refractivity contribution in [1.82, 2.24) is 10.2 Å². The molecule has 0 saturated carbocycles. The average molecular weight is 261 g/mol. The molecule has 1 aromatic heterocycles. The molecule has 2 aromatic rings. The summed E-state index contributed by atoms with van der Waals surface area (Å²) in [7, 11) is 0. The van der Waals surface area contributed by atoms with Crippen LogP contribution in [-0.2, 0) is 9.53 Å². The summed E-state index contributed by atoms with van der Waals surface area (Å²) in [5, 5.41) is 10.7. The van der Waals surface area contributed by atoms with Gasteiger partial charge in [0, 0.05) is 12.0 Å². The van der Waals surface area contributed by atoms with Crippen LogP contribution in [0, 0.1) is 5.92 Å². The van der Waals surface area contributed by atoms with Crippen molar-refractivity contribution in [2.24, 2.45) is 5.92 Å². The fourth-order valence-corrected chi connectivity index (χ4v) is 1.72. The number of hydrogen-bond acceptors (Lipinski definition) is 3. The summed E-state index contributed by atoms with van der Waals surface area (Å²) in [6, 6.07) is 5.66. The lowest BCUT2D eigenvalue weighted by Crippen LogP contribution is -2.29. The Labute approximate surface area is 112 Å². The van der Waals surface area contributed by atoms with Crippen LogP contribution in [0.25, 0.3) is 10.9 Å². The number of ether oxygens (including phenoxy) is 1. The Balaban J connectivity index is 2.04. The van der Waals surface area contributed by atoms with E-state index in [0.717, 1.165) is 16.6 Å². The second-order valence-electron chi connectivity index (χ2n) is 5.00. The van der Waals surface area contributed by atoms with Crippen LogP contribution in [-0.4, -0.2) is 28.8 Å². The Bertz CT molecular complexity index is 563. The van der Waals surface area contributed by atoms with Gasteiger partial charge >= 0.3 is 0 Å². The number of carbonyl (C=O) groups is 1. The molecule has 0 aliphatic carbocycles. The second-order valence-corrected chi connectivity index (χ2v) is 5.00. The first-order valence-corrected chi connectivity index (χ1v) is 6.42. The Kier molecular flexibility index (Phi) is 4.16. The first-order valence-electron chi connectivity index (χ1n) is 6.42. The van der Waals surface area contributed by atoms with Gasteiger partial charge in [-0.25, -0.2) is 0 Å². The molecule has 1 atom stereocenters. The summed E-state index contributed by atoms with van der Waals surface area (Å²) in [6.45, 7) is 6.43. The Morgan fingerprint density at radius 2 is 2.21 bits per heavy atom. The molecule has 0 radical (unpaired) electrons. The summed E-state index contributed by atoms with van der Waals surface area (Å²) in [5.41, 5.74) is 1.55. The summed E-state index contributed by atoms with van der Waals surface area (Å²) >= 11 is 0. The number of fused-ring (bicyclic) bond motifs is 1. The van der Waals surface area contributed by atoms with E-state index in [9.17, 15) is 4.79 Å². The van der Waals surface area contributed by atoms with E-state index in [4.69, 9.17) is 4.74 Å². The molecule has 0 unspecified atom stereocenters. The standard InChI is InChI=1S/C14H19N3O2/c1-9(2)8-19-10(3)14(18)16-12-6-4-5-11-7-15-17-13(11)12/h4-7,9-10H,8H2,1-3H3,(H,15,17)(H,16,18)/t10-/m0/s1. The maximum Gasteiger partial charge on any atom is 0.253 e. The molecular weight excluding hydrogens is 242 g/mol. The smallest absolute Gasteiger partial charge is 0.253 e. The zero-order valence-electron chi connectivity index (χ0n) is 11.4. The van der Waals surface area contributed by atoms with Crippen molar-refractivity contribution in [2.75, 3.05) is 11.9 Å². The van der Waals surface area contributed by atoms with Gasteiger partial charge in [-0.15, -0.1) is 0 Å². The van der Waals surface area contributed by atoms with Crippen molar-refractivity contribution >= 4 is 22.5 Å². The number of aromatic amines is 1. The summed E-state index contributed by atoms with van der Waals surface area (Å²) < 4.78 is 5.49. The molecule has 1 aromatic carbocycles. The van der Waals surface area contributed by atoms with Crippen LogP contribution >= 0.6 is 0 Å². The number of nitrogens with one attached hydrogen (secondary N) is 2. The van der Waals surface area contributed by atoms with E-state index in [1.165, 1.54) is 0 Å². The van der Waals surface area contributed by atoms with Crippen molar-refractivity contribution in [1.29, 1.82) is 0 Å². The normalized spacial score (nSPS) is 12.8. The summed E-state index contributed by atoms with van der Waals surface area (Å²) in [4.78, 5) is 12.0. The number of carbonyl (C=O) groups excluding carboxylic acids is 1. The minimum atomic E-state index is -0.472. The molecule has 5 heteroatoms. The van der Waals surface area contributed by atoms with Gasteiger partial charge in [-0.2, -0.15) is 5.10 Å². The Hall–Kier alpha value is -1.88. The third kappa shape index (κ3) is 3.32. The van der Waals surface area contributed by atoms with E-state index < -0.39 is 6.10 Å². The number of rotatable bonds is 5. The quantitative estimate of drug-likeness (QED) is 0.869. The molecule has 0 bridgehead atoms. The highest BCUT2D eigenvalue weighted by Crippen LogP contribution is 2.20. The van der Waals surface area contributed by atoms with Crippen LogP contribution in [0.4, 0.5) is 5.69 Å². The second kappa shape index (κ2) is 5.84. The lowest BCUT2D eigenvalue weighted by Gasteiger charge is -2.15. The molecule has 1 heterocycles. The van der Waals surface area contributed by atoms with Crippen LogP contribution in [0.1, 0.15) is 20.8 Å². The van der Waals surface area contributed by atoms with Crippen molar-refractivity contribution < 1.29 is 9.53 Å². The highest BCUT2D eigenvalue weighted by molar-refractivity contribution is 6.01. The largest absolute Gasteiger partial charge is 0.368 e. The number of anilines is 1. The minimum absolute atomic E-state index is 0.150. The molecular formula is C14H19N3O2. The van der Waals surface area contributed by atoms with E-state index in [-0.39, 0.29) is 5.91 Å². The first kappa shape index (κ1) is 13.5. The first-order chi connectivity index (χ1) is 9.08. The molecule has 0 saturated heterocycles. The lowest BCUT2D eigenvalue weighted by molar-refractivity contribution is -0.126. The molecule has 0 spiro atoms. The number of amides is 1. The van der Waals surface area contributed by atoms with Crippen molar-refractivity contribution in [3.63, 3.8) is 0 Å². The molecule has 19 heavy (non-hydrogen) atoms. The fraction of sp³-hybridized carbons (Fsp3) is 0.429. The highest BCUT2D eigenvalue weighted by atomic mass is 16.5. The molecule has 0 aliphatic heterocycles. The van der Waals surface area contributed by atoms with Crippen LogP contribution in [0.2, 0.25) is 0 Å². The van der Waals surface area contributed by atoms with E-state index in [2.05, 4.69) is 29.4 Å². The summed E-state index contributed by atoms with van der Waals surface area (Å²) in [6.07, 6.45) is 1.25. The van der Waals surface area contributed by atoms with Crippen LogP contribution in [0.15, 0.2) is 24.4 Å². The van der Waals surface area contributed by atoms with Gasteiger partial charge in [0.2, 0.25) is 0 Å². The average Bonchev–Trinajstić information content (AvgIpc) is 2.85. The number of H-pyrrole nitrogens is 1. The van der Waals surface area contributed by atoms with E-state index >= 15 is 0 Å². The SMILES string of the molecule is CC(C)CO[C@@H](C)C(=O)Nc1cccc2cn[nH]c12. The Morgan fingerprint density at radius 3 is 2.95 bits per heavy atom. The van der Waals surface area contributed by atoms with Crippen LogP contribution < -0.4 is 5.32 Å². The number of aromatic nitrogens is 2. The Morgan fingerprint density at radius 1 is 1.42 bits per heavy atom. The van der Waals surface area contributed by atoms with Crippen molar-refractivity contribution in [3.8, 4) is 0 Å². The topological polar surface area (TPSA) is 67.0 Å². The van der Waals surface area contributed by atoms with E-state index in [1.54, 1.807) is 13.1 Å². The van der Waals surface area contributed by atoms with Gasteiger partial charge in [-0.3, -0.25) is 9.89 Å². The minimum Gasteiger partial charge on any atom is -0.368 e. The van der Waals surface area contributed by atoms with E-state index in [1.807, 2.05) is 18.2 Å². The number of hydrogen-bond donors (Lipinski definition) is 2. The molecule has 102 valence electrons. The van der Waals surface area contributed by atoms with Gasteiger partial charge in [0.25, 0.3) is 5.91 Å². The zero-order chi connectivity index (χ0) is 13.8. The lowest BCUT2D eigenvalue weighted by atomic mass is 10.2. The van der Waals surface area contributed by atoms with Crippen molar-refractivity contribution in [3.05, 3.63) is 24.4 Å². The van der Waals surface area contributed by atoms with Gasteiger partial charge in [-0.1, -0.05) is 26.0 Å². The third-order valence-corrected chi connectivity index (χ3v) is 2.78. The predicted molar refractivity (Wildman–Crippen MR) is 75.0 cm³/mol. The van der Waals surface area contributed by atoms with Crippen LogP contribution in [0.3, 0.4) is 0 Å². The van der Waals surface area contributed by atoms with Crippen molar-refractivity contribution in [2.45, 2.75) is 26.9 Å². The van der Waals surface area contributed by atoms with Gasteiger partial charge in [0.15, 0.2) is 0 Å². The maximum absolute atomic E-state index is 12.0. The molecule has 2 N–H and O–H groups in total. The number of para-hydroxylation sites is 1. The van der Waals surface area contributed by atoms with Gasteiger partial charge in [-0.05, 0) is 18.9 Å². The highest BCUT2D eigenvalue weighted by Gasteiger charge is 2.15. The summed E-state index contributed by atoms with van der Waals surface area (Å²) in [5.74, 6) is 0.258. The fourth-order valence-electron chi connectivity index (χ4n) is 1.72. The van der Waals surface area contributed by atoms with Crippen LogP contribution in [0.5, 0.6) is 0 Å². The molecule has 1 amide bonds. The maximum atomic E-state index is 12.0. The molecule has 5 nitrogen and oxygen atoms in total. The number of benzene rings is 1. The number of nitrogens with zero attached hydrogens (tertiary/aromatic N) is 1. The predicted octanol–water partition coefficient (Wildman–Crippen LogP) is 2.56. The molecule has 0 fully saturated rings. The van der Waals surface area contributed by atoms with E-state index in [0.29, 0.717) is 12.5 Å². The van der Waals surface area contributed by atoms with Gasteiger partial charge < -0.3 is 10.1 Å². The van der Waals surface area contributed by atoms with Gasteiger partial charge in [0.05, 0.1) is 17.4 Å². The zero-order valence-corrected chi connectivity index (χ0v) is 11.4. The van der Waals surface area contributed by atoms with Gasteiger partial charge in [0.1, 0.15) is 6.10 Å².